The summed E-state index contributed by atoms with van der Waals surface area (Å²) in [5.41, 5.74) is 0.822. The van der Waals surface area contributed by atoms with Gasteiger partial charge in [-0.05, 0) is 46.5 Å². The van der Waals surface area contributed by atoms with Crippen molar-refractivity contribution in [1.29, 1.82) is 0 Å². The first kappa shape index (κ1) is 18.9. The number of amides is 1. The molecule has 3 rings (SSSR count). The van der Waals surface area contributed by atoms with Crippen molar-refractivity contribution in [3.8, 4) is 5.75 Å². The largest absolute Gasteiger partial charge is 0.491 e. The summed E-state index contributed by atoms with van der Waals surface area (Å²) in [6.07, 6.45) is 3.74. The predicted molar refractivity (Wildman–Crippen MR) is 96.1 cm³/mol. The van der Waals surface area contributed by atoms with Crippen LogP contribution in [0.1, 0.15) is 51.0 Å². The Hall–Kier alpha value is -1.92. The van der Waals surface area contributed by atoms with E-state index in [4.69, 9.17) is 4.74 Å². The average molecular weight is 367 g/mol. The monoisotopic (exact) mass is 367 g/mol. The Bertz CT molecular complexity index is 659. The number of pyridine rings is 1. The number of ether oxygens (including phenoxy) is 1. The number of rotatable bonds is 7. The van der Waals surface area contributed by atoms with E-state index < -0.39 is 5.92 Å². The molecule has 144 valence electrons. The summed E-state index contributed by atoms with van der Waals surface area (Å²) in [4.78, 5) is 20.6. The van der Waals surface area contributed by atoms with Crippen molar-refractivity contribution in [2.45, 2.75) is 58.5 Å². The van der Waals surface area contributed by atoms with Crippen molar-refractivity contribution in [3.05, 3.63) is 18.0 Å². The molecule has 5 nitrogen and oxygen atoms in total. The fraction of sp³-hybridized carbons (Fsp3) is 0.684. The van der Waals surface area contributed by atoms with Gasteiger partial charge in [-0.25, -0.2) is 13.8 Å². The van der Waals surface area contributed by atoms with Crippen LogP contribution in [0.15, 0.2) is 12.3 Å². The van der Waals surface area contributed by atoms with E-state index >= 15 is 0 Å². The standard InChI is InChI=1S/C19H27F2N3O2/c1-12(2)24(13(3)4)18(25)17-16(26-9-14-5-6-14)7-15(8-22-17)23-10-19(20,21)11-23/h7-8,12-14H,5-6,9-11H2,1-4H3. The first-order valence-corrected chi connectivity index (χ1v) is 9.26. The highest BCUT2D eigenvalue weighted by Gasteiger charge is 2.44. The predicted octanol–water partition coefficient (Wildman–Crippen LogP) is 3.58. The molecule has 2 heterocycles. The first-order valence-electron chi connectivity index (χ1n) is 9.26. The third-order valence-electron chi connectivity index (χ3n) is 4.77. The topological polar surface area (TPSA) is 45.7 Å². The summed E-state index contributed by atoms with van der Waals surface area (Å²) in [6.45, 7) is 7.71. The first-order chi connectivity index (χ1) is 12.2. The van der Waals surface area contributed by atoms with E-state index in [9.17, 15) is 13.6 Å². The molecule has 0 bridgehead atoms. The van der Waals surface area contributed by atoms with Gasteiger partial charge in [-0.15, -0.1) is 0 Å². The van der Waals surface area contributed by atoms with E-state index in [1.807, 2.05) is 27.7 Å². The number of carbonyl (C=O) groups is 1. The second kappa shape index (κ2) is 7.00. The van der Waals surface area contributed by atoms with E-state index in [1.54, 1.807) is 15.9 Å². The quantitative estimate of drug-likeness (QED) is 0.739. The number of hydrogen-bond acceptors (Lipinski definition) is 4. The third kappa shape index (κ3) is 4.07. The Morgan fingerprint density at radius 3 is 2.42 bits per heavy atom. The van der Waals surface area contributed by atoms with Crippen LogP contribution in [-0.4, -0.2) is 53.5 Å². The van der Waals surface area contributed by atoms with Gasteiger partial charge in [-0.3, -0.25) is 4.79 Å². The SMILES string of the molecule is CC(C)N(C(=O)c1ncc(N2CC(F)(F)C2)cc1OCC1CC1)C(C)C. The van der Waals surface area contributed by atoms with Crippen molar-refractivity contribution >= 4 is 11.6 Å². The van der Waals surface area contributed by atoms with E-state index in [0.29, 0.717) is 24.0 Å². The molecule has 0 N–H and O–H groups in total. The molecular formula is C19H27F2N3O2. The van der Waals surface area contributed by atoms with E-state index in [2.05, 4.69) is 4.98 Å². The Labute approximate surface area is 153 Å². The number of alkyl halides is 2. The number of carbonyl (C=O) groups excluding carboxylic acids is 1. The highest BCUT2D eigenvalue weighted by molar-refractivity contribution is 5.95. The van der Waals surface area contributed by atoms with Crippen molar-refractivity contribution in [3.63, 3.8) is 0 Å². The van der Waals surface area contributed by atoms with E-state index in [0.717, 1.165) is 12.8 Å². The zero-order chi connectivity index (χ0) is 19.1. The van der Waals surface area contributed by atoms with Crippen molar-refractivity contribution in [2.75, 3.05) is 24.6 Å². The Kier molecular flexibility index (Phi) is 5.08. The Balaban J connectivity index is 1.86. The van der Waals surface area contributed by atoms with E-state index in [-0.39, 0.29) is 36.8 Å². The van der Waals surface area contributed by atoms with Crippen LogP contribution in [0.25, 0.3) is 0 Å². The summed E-state index contributed by atoms with van der Waals surface area (Å²) < 4.78 is 32.2. The van der Waals surface area contributed by atoms with Crippen LogP contribution in [0, 0.1) is 5.92 Å². The van der Waals surface area contributed by atoms with Gasteiger partial charge in [0.1, 0.15) is 0 Å². The number of halogens is 2. The molecular weight excluding hydrogens is 340 g/mol. The van der Waals surface area contributed by atoms with Gasteiger partial charge in [0.25, 0.3) is 11.8 Å². The molecule has 1 saturated heterocycles. The molecule has 1 aromatic rings. The lowest BCUT2D eigenvalue weighted by Gasteiger charge is -2.40. The maximum atomic E-state index is 13.2. The lowest BCUT2D eigenvalue weighted by atomic mass is 10.1. The lowest BCUT2D eigenvalue weighted by molar-refractivity contribution is -0.0263. The van der Waals surface area contributed by atoms with Crippen molar-refractivity contribution < 1.29 is 18.3 Å². The highest BCUT2D eigenvalue weighted by atomic mass is 19.3. The van der Waals surface area contributed by atoms with Gasteiger partial charge in [0, 0.05) is 18.2 Å². The van der Waals surface area contributed by atoms with Crippen molar-refractivity contribution in [1.82, 2.24) is 9.88 Å². The fourth-order valence-electron chi connectivity index (χ4n) is 3.25. The van der Waals surface area contributed by atoms with Crippen LogP contribution in [0.2, 0.25) is 0 Å². The molecule has 2 fully saturated rings. The minimum absolute atomic E-state index is 0.0225. The maximum Gasteiger partial charge on any atom is 0.282 e. The Morgan fingerprint density at radius 1 is 1.31 bits per heavy atom. The second-order valence-electron chi connectivity index (χ2n) is 7.91. The summed E-state index contributed by atoms with van der Waals surface area (Å²) in [6, 6.07) is 1.72. The van der Waals surface area contributed by atoms with Crippen LogP contribution in [0.4, 0.5) is 14.5 Å². The van der Waals surface area contributed by atoms with Gasteiger partial charge in [0.05, 0.1) is 31.6 Å². The number of aromatic nitrogens is 1. The molecule has 0 spiro atoms. The van der Waals surface area contributed by atoms with Crippen LogP contribution in [-0.2, 0) is 0 Å². The number of nitrogens with zero attached hydrogens (tertiary/aromatic N) is 3. The molecule has 0 atom stereocenters. The smallest absolute Gasteiger partial charge is 0.282 e. The molecule has 26 heavy (non-hydrogen) atoms. The average Bonchev–Trinajstić information content (AvgIpc) is 3.33. The molecule has 2 aliphatic rings. The highest BCUT2D eigenvalue weighted by Crippen LogP contribution is 2.35. The molecule has 0 radical (unpaired) electrons. The molecule has 0 aromatic carbocycles. The fourth-order valence-corrected chi connectivity index (χ4v) is 3.25. The molecule has 1 amide bonds. The zero-order valence-electron chi connectivity index (χ0n) is 15.8. The summed E-state index contributed by atoms with van der Waals surface area (Å²) in [5, 5.41) is 0. The van der Waals surface area contributed by atoms with Gasteiger partial charge < -0.3 is 14.5 Å². The zero-order valence-corrected chi connectivity index (χ0v) is 15.8. The van der Waals surface area contributed by atoms with Gasteiger partial charge in [-0.1, -0.05) is 0 Å². The van der Waals surface area contributed by atoms with Crippen LogP contribution in [0.5, 0.6) is 5.75 Å². The minimum Gasteiger partial charge on any atom is -0.491 e. The normalized spacial score (nSPS) is 18.8. The van der Waals surface area contributed by atoms with Crippen LogP contribution >= 0.6 is 0 Å². The third-order valence-corrected chi connectivity index (χ3v) is 4.77. The van der Waals surface area contributed by atoms with Crippen LogP contribution in [0.3, 0.4) is 0 Å². The summed E-state index contributed by atoms with van der Waals surface area (Å²) >= 11 is 0. The number of anilines is 1. The summed E-state index contributed by atoms with van der Waals surface area (Å²) in [5.74, 6) is -1.95. The van der Waals surface area contributed by atoms with Crippen LogP contribution < -0.4 is 9.64 Å². The molecule has 1 aromatic heterocycles. The van der Waals surface area contributed by atoms with E-state index in [1.165, 1.54) is 6.20 Å². The van der Waals surface area contributed by atoms with Gasteiger partial charge in [-0.2, -0.15) is 0 Å². The maximum absolute atomic E-state index is 13.2. The molecule has 7 heteroatoms. The molecule has 1 saturated carbocycles. The molecule has 0 unspecified atom stereocenters. The molecule has 1 aliphatic carbocycles. The molecule has 1 aliphatic heterocycles. The van der Waals surface area contributed by atoms with Gasteiger partial charge in [0.2, 0.25) is 0 Å². The second-order valence-corrected chi connectivity index (χ2v) is 7.91. The van der Waals surface area contributed by atoms with Gasteiger partial charge >= 0.3 is 0 Å². The minimum atomic E-state index is -2.66. The summed E-state index contributed by atoms with van der Waals surface area (Å²) in [7, 11) is 0. The van der Waals surface area contributed by atoms with Gasteiger partial charge in [0.15, 0.2) is 11.4 Å². The lowest BCUT2D eigenvalue weighted by Crippen LogP contribution is -2.56. The number of hydrogen-bond donors (Lipinski definition) is 0. The van der Waals surface area contributed by atoms with Crippen molar-refractivity contribution in [2.24, 2.45) is 5.92 Å². The Morgan fingerprint density at radius 2 is 1.92 bits per heavy atom.